The number of nitrogens with zero attached hydrogens (tertiary/aromatic N) is 6. The van der Waals surface area contributed by atoms with Crippen LogP contribution >= 0.6 is 0 Å². The average Bonchev–Trinajstić information content (AvgIpc) is 3.32. The highest BCUT2D eigenvalue weighted by atomic mass is 19.1. The molecular formula is C30H36F2N8O3. The minimum atomic E-state index is -1.08. The van der Waals surface area contributed by atoms with Gasteiger partial charge in [0, 0.05) is 65.2 Å². The third-order valence-electron chi connectivity index (χ3n) is 6.97. The van der Waals surface area contributed by atoms with Crippen LogP contribution in [0, 0.1) is 11.6 Å². The van der Waals surface area contributed by atoms with Crippen molar-refractivity contribution in [3.63, 3.8) is 0 Å². The van der Waals surface area contributed by atoms with Gasteiger partial charge in [0.1, 0.15) is 17.5 Å². The molecule has 1 aliphatic heterocycles. The van der Waals surface area contributed by atoms with Crippen molar-refractivity contribution in [2.75, 3.05) is 31.6 Å². The van der Waals surface area contributed by atoms with Gasteiger partial charge in [0.25, 0.3) is 5.91 Å². The Hall–Kier alpha value is -4.48. The SMILES string of the molecule is CC(C)NC(=O)C(c1cnn(-c2ccc(F)cc2F)c1)N(CCCCCCN=[N+]=[N-])C(=O)c1ccc2c(c1)COCCN2. The molecule has 1 aliphatic rings. The number of amides is 2. The third-order valence-corrected chi connectivity index (χ3v) is 6.97. The number of anilines is 1. The van der Waals surface area contributed by atoms with Crippen molar-refractivity contribution < 1.29 is 23.1 Å². The van der Waals surface area contributed by atoms with Gasteiger partial charge in [-0.25, -0.2) is 13.5 Å². The van der Waals surface area contributed by atoms with E-state index in [0.29, 0.717) is 50.3 Å². The first-order chi connectivity index (χ1) is 20.8. The van der Waals surface area contributed by atoms with E-state index in [4.69, 9.17) is 10.3 Å². The van der Waals surface area contributed by atoms with Crippen LogP contribution in [0.4, 0.5) is 14.5 Å². The molecule has 0 fully saturated rings. The second kappa shape index (κ2) is 15.1. The van der Waals surface area contributed by atoms with Gasteiger partial charge in [0.05, 0.1) is 19.4 Å². The summed E-state index contributed by atoms with van der Waals surface area (Å²) < 4.78 is 35.0. The van der Waals surface area contributed by atoms with E-state index in [1.165, 1.54) is 28.0 Å². The second-order valence-corrected chi connectivity index (χ2v) is 10.6. The van der Waals surface area contributed by atoms with Crippen molar-refractivity contribution in [2.45, 2.75) is 58.2 Å². The summed E-state index contributed by atoms with van der Waals surface area (Å²) in [4.78, 5) is 32.2. The van der Waals surface area contributed by atoms with Crippen molar-refractivity contribution in [1.29, 1.82) is 0 Å². The largest absolute Gasteiger partial charge is 0.382 e. The highest BCUT2D eigenvalue weighted by Gasteiger charge is 2.33. The topological polar surface area (TPSA) is 137 Å². The number of unbranched alkanes of at least 4 members (excludes halogenated alkanes) is 3. The molecule has 0 saturated carbocycles. The first-order valence-electron chi connectivity index (χ1n) is 14.3. The molecule has 0 saturated heterocycles. The van der Waals surface area contributed by atoms with Crippen molar-refractivity contribution in [2.24, 2.45) is 5.11 Å². The molecule has 0 radical (unpaired) electrons. The van der Waals surface area contributed by atoms with Crippen LogP contribution in [0.15, 0.2) is 53.9 Å². The molecule has 1 aromatic heterocycles. The molecular weight excluding hydrogens is 558 g/mol. The van der Waals surface area contributed by atoms with Gasteiger partial charge < -0.3 is 20.3 Å². The fourth-order valence-corrected chi connectivity index (χ4v) is 4.95. The average molecular weight is 595 g/mol. The maximum absolute atomic E-state index is 14.6. The Bertz CT molecular complexity index is 1470. The molecule has 2 heterocycles. The Morgan fingerprint density at radius 3 is 2.77 bits per heavy atom. The van der Waals surface area contributed by atoms with Crippen LogP contribution in [0.25, 0.3) is 16.1 Å². The Balaban J connectivity index is 1.69. The molecule has 0 aliphatic carbocycles. The Morgan fingerprint density at radius 1 is 1.19 bits per heavy atom. The minimum Gasteiger partial charge on any atom is -0.382 e. The van der Waals surface area contributed by atoms with Gasteiger partial charge in [0.15, 0.2) is 5.82 Å². The highest BCUT2D eigenvalue weighted by molar-refractivity contribution is 5.98. The fraction of sp³-hybridized carbons (Fsp3) is 0.433. The van der Waals surface area contributed by atoms with Gasteiger partial charge in [-0.3, -0.25) is 9.59 Å². The first kappa shape index (κ1) is 31.5. The van der Waals surface area contributed by atoms with Gasteiger partial charge in [-0.2, -0.15) is 5.10 Å². The zero-order valence-corrected chi connectivity index (χ0v) is 24.3. The zero-order valence-electron chi connectivity index (χ0n) is 24.3. The number of hydrogen-bond acceptors (Lipinski definition) is 6. The van der Waals surface area contributed by atoms with E-state index < -0.39 is 23.6 Å². The molecule has 0 bridgehead atoms. The molecule has 228 valence electrons. The lowest BCUT2D eigenvalue weighted by Gasteiger charge is -2.31. The summed E-state index contributed by atoms with van der Waals surface area (Å²) in [7, 11) is 0. The lowest BCUT2D eigenvalue weighted by molar-refractivity contribution is -0.126. The van der Waals surface area contributed by atoms with Crippen LogP contribution in [0.5, 0.6) is 0 Å². The molecule has 4 rings (SSSR count). The van der Waals surface area contributed by atoms with Crippen LogP contribution in [-0.2, 0) is 16.1 Å². The summed E-state index contributed by atoms with van der Waals surface area (Å²) in [5.74, 6) is -2.30. The number of hydrogen-bond donors (Lipinski definition) is 2. The van der Waals surface area contributed by atoms with Crippen LogP contribution in [0.3, 0.4) is 0 Å². The summed E-state index contributed by atoms with van der Waals surface area (Å²) in [6, 6.07) is 7.18. The van der Waals surface area contributed by atoms with Crippen LogP contribution in [0.1, 0.15) is 67.1 Å². The molecule has 43 heavy (non-hydrogen) atoms. The van der Waals surface area contributed by atoms with E-state index in [2.05, 4.69) is 25.8 Å². The van der Waals surface area contributed by atoms with Gasteiger partial charge >= 0.3 is 0 Å². The van der Waals surface area contributed by atoms with Crippen LogP contribution in [-0.4, -0.2) is 58.8 Å². The molecule has 2 N–H and O–H groups in total. The Labute approximate surface area is 248 Å². The van der Waals surface area contributed by atoms with Crippen LogP contribution in [0.2, 0.25) is 0 Å². The number of ether oxygens (including phenoxy) is 1. The van der Waals surface area contributed by atoms with E-state index in [0.717, 1.165) is 36.2 Å². The molecule has 2 aromatic carbocycles. The van der Waals surface area contributed by atoms with Crippen molar-refractivity contribution in [3.05, 3.63) is 87.6 Å². The standard InChI is InChI=1S/C30H36F2N8O3/c1-20(2)37-29(41)28(23-17-36-40(18-23)27-10-8-24(31)16-25(27)32)39(13-6-4-3-5-11-35-38-33)30(42)21-7-9-26-22(15-21)19-43-14-12-34-26/h7-10,15-18,20,28,34H,3-6,11-14,19H2,1-2H3,(H,37,41). The highest BCUT2D eigenvalue weighted by Crippen LogP contribution is 2.28. The van der Waals surface area contributed by atoms with Gasteiger partial charge in [0.2, 0.25) is 5.91 Å². The summed E-state index contributed by atoms with van der Waals surface area (Å²) >= 11 is 0. The third kappa shape index (κ3) is 8.30. The number of azide groups is 1. The molecule has 0 spiro atoms. The number of carbonyl (C=O) groups excluding carboxylic acids is 2. The molecule has 1 atom stereocenters. The van der Waals surface area contributed by atoms with E-state index in [9.17, 15) is 18.4 Å². The van der Waals surface area contributed by atoms with Gasteiger partial charge in [-0.1, -0.05) is 18.0 Å². The first-order valence-corrected chi connectivity index (χ1v) is 14.3. The van der Waals surface area contributed by atoms with Crippen molar-refractivity contribution in [1.82, 2.24) is 20.0 Å². The molecule has 13 heteroatoms. The summed E-state index contributed by atoms with van der Waals surface area (Å²) in [6.45, 7) is 5.83. The maximum Gasteiger partial charge on any atom is 0.254 e. The monoisotopic (exact) mass is 594 g/mol. The Kier molecular flexibility index (Phi) is 11.1. The number of halogens is 2. The number of nitrogens with one attached hydrogen (secondary N) is 2. The van der Waals surface area contributed by atoms with Crippen molar-refractivity contribution >= 4 is 17.5 Å². The fourth-order valence-electron chi connectivity index (χ4n) is 4.95. The van der Waals surface area contributed by atoms with E-state index >= 15 is 0 Å². The zero-order chi connectivity index (χ0) is 30.8. The predicted molar refractivity (Wildman–Crippen MR) is 158 cm³/mol. The molecule has 3 aromatic rings. The lowest BCUT2D eigenvalue weighted by Crippen LogP contribution is -2.45. The second-order valence-electron chi connectivity index (χ2n) is 10.6. The molecule has 11 nitrogen and oxygen atoms in total. The number of carbonyl (C=O) groups is 2. The smallest absolute Gasteiger partial charge is 0.254 e. The maximum atomic E-state index is 14.6. The van der Waals surface area contributed by atoms with Crippen LogP contribution < -0.4 is 10.6 Å². The number of fused-ring (bicyclic) bond motifs is 1. The van der Waals surface area contributed by atoms with E-state index in [1.807, 2.05) is 19.9 Å². The lowest BCUT2D eigenvalue weighted by atomic mass is 10.0. The van der Waals surface area contributed by atoms with E-state index in [1.54, 1.807) is 12.1 Å². The summed E-state index contributed by atoms with van der Waals surface area (Å²) in [5.41, 5.74) is 11.0. The minimum absolute atomic E-state index is 0.00632. The van der Waals surface area contributed by atoms with Gasteiger partial charge in [-0.05, 0) is 62.6 Å². The summed E-state index contributed by atoms with van der Waals surface area (Å²) in [6.07, 6.45) is 5.73. The van der Waals surface area contributed by atoms with Crippen molar-refractivity contribution in [3.8, 4) is 5.69 Å². The molecule has 1 unspecified atom stereocenters. The number of benzene rings is 2. The number of aromatic nitrogens is 2. The summed E-state index contributed by atoms with van der Waals surface area (Å²) in [5, 5.41) is 14.0. The van der Waals surface area contributed by atoms with E-state index in [-0.39, 0.29) is 24.2 Å². The predicted octanol–water partition coefficient (Wildman–Crippen LogP) is 5.67. The Morgan fingerprint density at radius 2 is 2.00 bits per heavy atom. The quantitative estimate of drug-likeness (QED) is 0.114. The van der Waals surface area contributed by atoms with Gasteiger partial charge in [-0.15, -0.1) is 0 Å². The molecule has 2 amide bonds. The number of rotatable bonds is 13. The normalized spacial score (nSPS) is 13.3.